The minimum atomic E-state index is 0.425. The summed E-state index contributed by atoms with van der Waals surface area (Å²) < 4.78 is 0. The molecule has 0 radical (unpaired) electrons. The lowest BCUT2D eigenvalue weighted by Crippen LogP contribution is -2.38. The summed E-state index contributed by atoms with van der Waals surface area (Å²) >= 11 is 0. The number of rotatable bonds is 6. The van der Waals surface area contributed by atoms with Crippen molar-refractivity contribution in [2.45, 2.75) is 59.0 Å². The highest BCUT2D eigenvalue weighted by Crippen LogP contribution is 2.15. The molecule has 82 valence electrons. The van der Waals surface area contributed by atoms with Gasteiger partial charge in [0.15, 0.2) is 0 Å². The first-order valence-corrected chi connectivity index (χ1v) is 5.61. The molecular formula is C12H24N2. The number of nitrogens with zero attached hydrogens (tertiary/aromatic N) is 2. The normalized spacial score (nSPS) is 15.6. The fraction of sp³-hybridized carbons (Fsp3) is 0.917. The minimum absolute atomic E-state index is 0.425. The Morgan fingerprint density at radius 2 is 1.86 bits per heavy atom. The Bertz CT molecular complexity index is 181. The van der Waals surface area contributed by atoms with E-state index in [2.05, 4.69) is 45.7 Å². The van der Waals surface area contributed by atoms with Gasteiger partial charge in [-0.25, -0.2) is 0 Å². The molecule has 0 aromatic heterocycles. The van der Waals surface area contributed by atoms with Gasteiger partial charge in [-0.05, 0) is 32.7 Å². The molecule has 2 atom stereocenters. The van der Waals surface area contributed by atoms with Gasteiger partial charge in [0.05, 0.1) is 12.5 Å². The van der Waals surface area contributed by atoms with E-state index in [1.807, 2.05) is 0 Å². The third-order valence-electron chi connectivity index (χ3n) is 2.88. The van der Waals surface area contributed by atoms with Crippen LogP contribution in [0.25, 0.3) is 0 Å². The second-order valence-electron chi connectivity index (χ2n) is 4.57. The topological polar surface area (TPSA) is 27.0 Å². The van der Waals surface area contributed by atoms with E-state index >= 15 is 0 Å². The molecule has 0 heterocycles. The summed E-state index contributed by atoms with van der Waals surface area (Å²) in [5, 5.41) is 8.70. The van der Waals surface area contributed by atoms with Crippen molar-refractivity contribution in [3.05, 3.63) is 0 Å². The molecule has 0 aromatic carbocycles. The third kappa shape index (κ3) is 4.62. The molecule has 0 bridgehead atoms. The lowest BCUT2D eigenvalue weighted by molar-refractivity contribution is 0.162. The molecule has 0 amide bonds. The number of hydrogen-bond donors (Lipinski definition) is 0. The predicted octanol–water partition coefficient (Wildman–Crippen LogP) is 3.05. The van der Waals surface area contributed by atoms with Crippen molar-refractivity contribution in [3.8, 4) is 6.07 Å². The molecule has 0 aliphatic carbocycles. The largest absolute Gasteiger partial charge is 0.300 e. The van der Waals surface area contributed by atoms with Crippen molar-refractivity contribution in [3.63, 3.8) is 0 Å². The Morgan fingerprint density at radius 1 is 1.29 bits per heavy atom. The van der Waals surface area contributed by atoms with E-state index in [0.717, 1.165) is 12.3 Å². The van der Waals surface area contributed by atoms with E-state index in [4.69, 9.17) is 5.26 Å². The zero-order valence-corrected chi connectivity index (χ0v) is 10.2. The highest BCUT2D eigenvalue weighted by atomic mass is 15.1. The van der Waals surface area contributed by atoms with Crippen LogP contribution in [0.1, 0.15) is 47.0 Å². The quantitative estimate of drug-likeness (QED) is 0.653. The average Bonchev–Trinajstić information content (AvgIpc) is 2.12. The molecule has 0 saturated carbocycles. The summed E-state index contributed by atoms with van der Waals surface area (Å²) in [5.74, 6) is 0.729. The summed E-state index contributed by atoms with van der Waals surface area (Å²) in [4.78, 5) is 2.35. The van der Waals surface area contributed by atoms with Crippen LogP contribution < -0.4 is 0 Å². The van der Waals surface area contributed by atoms with Crippen LogP contribution in [0.15, 0.2) is 0 Å². The third-order valence-corrected chi connectivity index (χ3v) is 2.88. The van der Waals surface area contributed by atoms with Crippen LogP contribution in [0.4, 0.5) is 0 Å². The Kier molecular flexibility index (Phi) is 6.57. The zero-order chi connectivity index (χ0) is 11.1. The van der Waals surface area contributed by atoms with Crippen LogP contribution in [-0.4, -0.2) is 24.0 Å². The summed E-state index contributed by atoms with van der Waals surface area (Å²) in [6.07, 6.45) is 2.92. The SMILES string of the molecule is CCC(CC#N)N(C)C(C)CC(C)C. The molecular weight excluding hydrogens is 172 g/mol. The summed E-state index contributed by atoms with van der Waals surface area (Å²) in [6.45, 7) is 8.89. The fourth-order valence-corrected chi connectivity index (χ4v) is 1.89. The van der Waals surface area contributed by atoms with Gasteiger partial charge in [0.1, 0.15) is 0 Å². The smallest absolute Gasteiger partial charge is 0.0638 e. The Morgan fingerprint density at radius 3 is 2.21 bits per heavy atom. The molecule has 0 aliphatic rings. The first-order chi connectivity index (χ1) is 6.52. The van der Waals surface area contributed by atoms with E-state index < -0.39 is 0 Å². The van der Waals surface area contributed by atoms with Crippen molar-refractivity contribution in [2.75, 3.05) is 7.05 Å². The molecule has 0 fully saturated rings. The van der Waals surface area contributed by atoms with Gasteiger partial charge in [-0.2, -0.15) is 5.26 Å². The molecule has 2 heteroatoms. The van der Waals surface area contributed by atoms with Crippen LogP contribution in [0.5, 0.6) is 0 Å². The highest BCUT2D eigenvalue weighted by molar-refractivity contribution is 4.83. The number of hydrogen-bond acceptors (Lipinski definition) is 2. The van der Waals surface area contributed by atoms with Crippen molar-refractivity contribution in [1.29, 1.82) is 5.26 Å². The van der Waals surface area contributed by atoms with Gasteiger partial charge < -0.3 is 0 Å². The minimum Gasteiger partial charge on any atom is -0.300 e. The monoisotopic (exact) mass is 196 g/mol. The van der Waals surface area contributed by atoms with Gasteiger partial charge in [-0.1, -0.05) is 20.8 Å². The Labute approximate surface area is 88.9 Å². The molecule has 0 N–H and O–H groups in total. The second kappa shape index (κ2) is 6.84. The van der Waals surface area contributed by atoms with E-state index in [9.17, 15) is 0 Å². The van der Waals surface area contributed by atoms with E-state index in [1.54, 1.807) is 0 Å². The molecule has 2 unspecified atom stereocenters. The van der Waals surface area contributed by atoms with Gasteiger partial charge in [-0.3, -0.25) is 4.90 Å². The van der Waals surface area contributed by atoms with Crippen LogP contribution >= 0.6 is 0 Å². The van der Waals surface area contributed by atoms with Crippen molar-refractivity contribution < 1.29 is 0 Å². The molecule has 0 rings (SSSR count). The van der Waals surface area contributed by atoms with Crippen LogP contribution in [-0.2, 0) is 0 Å². The average molecular weight is 196 g/mol. The summed E-state index contributed by atoms with van der Waals surface area (Å²) in [6, 6.07) is 3.27. The van der Waals surface area contributed by atoms with Crippen molar-refractivity contribution >= 4 is 0 Å². The Hall–Kier alpha value is -0.550. The van der Waals surface area contributed by atoms with Crippen LogP contribution in [0.3, 0.4) is 0 Å². The molecule has 0 aliphatic heterocycles. The maximum Gasteiger partial charge on any atom is 0.0638 e. The lowest BCUT2D eigenvalue weighted by Gasteiger charge is -2.32. The van der Waals surface area contributed by atoms with Gasteiger partial charge in [0.25, 0.3) is 0 Å². The van der Waals surface area contributed by atoms with Crippen LogP contribution in [0.2, 0.25) is 0 Å². The summed E-state index contributed by atoms with van der Waals surface area (Å²) in [5.41, 5.74) is 0. The van der Waals surface area contributed by atoms with Gasteiger partial charge >= 0.3 is 0 Å². The van der Waals surface area contributed by atoms with E-state index in [-0.39, 0.29) is 0 Å². The molecule has 14 heavy (non-hydrogen) atoms. The number of nitriles is 1. The maximum atomic E-state index is 8.70. The maximum absolute atomic E-state index is 8.70. The Balaban J connectivity index is 4.13. The molecule has 0 saturated heterocycles. The molecule has 0 spiro atoms. The second-order valence-corrected chi connectivity index (χ2v) is 4.57. The highest BCUT2D eigenvalue weighted by Gasteiger charge is 2.18. The fourth-order valence-electron chi connectivity index (χ4n) is 1.89. The first-order valence-electron chi connectivity index (χ1n) is 5.61. The van der Waals surface area contributed by atoms with Gasteiger partial charge in [-0.15, -0.1) is 0 Å². The van der Waals surface area contributed by atoms with E-state index in [1.165, 1.54) is 6.42 Å². The lowest BCUT2D eigenvalue weighted by atomic mass is 10.0. The van der Waals surface area contributed by atoms with Crippen LogP contribution in [0, 0.1) is 17.2 Å². The van der Waals surface area contributed by atoms with Crippen molar-refractivity contribution in [2.24, 2.45) is 5.92 Å². The predicted molar refractivity (Wildman–Crippen MR) is 61.0 cm³/mol. The summed E-state index contributed by atoms with van der Waals surface area (Å²) in [7, 11) is 2.14. The zero-order valence-electron chi connectivity index (χ0n) is 10.2. The van der Waals surface area contributed by atoms with Gasteiger partial charge in [0.2, 0.25) is 0 Å². The van der Waals surface area contributed by atoms with E-state index in [0.29, 0.717) is 18.5 Å². The molecule has 0 aromatic rings. The first kappa shape index (κ1) is 13.4. The molecule has 2 nitrogen and oxygen atoms in total. The standard InChI is InChI=1S/C12H24N2/c1-6-12(7-8-13)14(5)11(4)9-10(2)3/h10-12H,6-7,9H2,1-5H3. The van der Waals surface area contributed by atoms with Gasteiger partial charge in [0, 0.05) is 12.1 Å². The van der Waals surface area contributed by atoms with Crippen molar-refractivity contribution in [1.82, 2.24) is 4.90 Å².